The molecule has 250 valence electrons. The summed E-state index contributed by atoms with van der Waals surface area (Å²) >= 11 is 1.47. The number of piperazine rings is 1. The van der Waals surface area contributed by atoms with Gasteiger partial charge in [-0.2, -0.15) is 8.42 Å². The number of amides is 1. The van der Waals surface area contributed by atoms with Gasteiger partial charge in [-0.05, 0) is 55.5 Å². The number of nitrogens with one attached hydrogen (secondary N) is 2. The van der Waals surface area contributed by atoms with Gasteiger partial charge in [-0.1, -0.05) is 0 Å². The van der Waals surface area contributed by atoms with Crippen molar-refractivity contribution in [3.63, 3.8) is 0 Å². The smallest absolute Gasteiger partial charge is 0.292 e. The first-order chi connectivity index (χ1) is 23.0. The SMILES string of the molecule is CCOc1ccn(-c2ccc(F)cc2)c(=O)c1C(=O)Nc1ccc(Oc2ccnc3cc(CN4CC[NH+](S(C)(=O)=O)CC4)sc23)c(F)c1. The monoisotopic (exact) mass is 696 g/mol. The summed E-state index contributed by atoms with van der Waals surface area (Å²) in [5.41, 5.74) is 0.134. The molecule has 0 spiro atoms. The second-order valence-electron chi connectivity index (χ2n) is 11.2. The fraction of sp³-hybridized carbons (Fsp3) is 0.242. The molecule has 5 aromatic rings. The van der Waals surface area contributed by atoms with Gasteiger partial charge in [0.15, 0.2) is 11.6 Å². The number of fused-ring (bicyclic) bond motifs is 1. The number of sulfonamides is 1. The molecule has 0 unspecified atom stereocenters. The highest BCUT2D eigenvalue weighted by molar-refractivity contribution is 7.84. The standard InChI is InChI=1S/C33H31F2N5O6S2/c1-3-45-28-11-13-40(23-7-4-21(34)5-8-23)33(42)30(28)32(41)37-22-6-9-27(25(35)18-22)46-29-10-12-36-26-19-24(47-31(26)29)20-38-14-16-39(17-15-38)48(2,43)44/h4-13,18-19H,3,14-17,20H2,1-2H3,(H,37,41)/p+1. The van der Waals surface area contributed by atoms with Gasteiger partial charge in [0.2, 0.25) is 0 Å². The van der Waals surface area contributed by atoms with Gasteiger partial charge in [0.05, 0.1) is 23.1 Å². The van der Waals surface area contributed by atoms with Crippen molar-refractivity contribution in [3.05, 3.63) is 105 Å². The molecule has 1 aliphatic rings. The molecule has 1 aliphatic heterocycles. The number of quaternary nitrogens is 1. The van der Waals surface area contributed by atoms with E-state index in [9.17, 15) is 22.4 Å². The number of nitrogens with zero attached hydrogens (tertiary/aromatic N) is 3. The molecular formula is C33H32F2N5O6S2+. The van der Waals surface area contributed by atoms with Crippen LogP contribution in [-0.2, 0) is 16.6 Å². The number of pyridine rings is 2. The first-order valence-corrected chi connectivity index (χ1v) is 17.8. The van der Waals surface area contributed by atoms with Crippen molar-refractivity contribution in [1.29, 1.82) is 0 Å². The molecule has 1 saturated heterocycles. The number of hydrogen-bond donors (Lipinski definition) is 2. The molecule has 0 atom stereocenters. The van der Waals surface area contributed by atoms with Crippen molar-refractivity contribution in [3.8, 4) is 22.9 Å². The average Bonchev–Trinajstić information content (AvgIpc) is 3.46. The number of aromatic nitrogens is 2. The molecule has 15 heteroatoms. The fourth-order valence-corrected chi connectivity index (χ4v) is 7.49. The number of halogens is 2. The predicted octanol–water partition coefficient (Wildman–Crippen LogP) is 3.83. The lowest BCUT2D eigenvalue weighted by atomic mass is 10.2. The van der Waals surface area contributed by atoms with Crippen LogP contribution in [0.2, 0.25) is 0 Å². The minimum atomic E-state index is -3.13. The molecule has 0 saturated carbocycles. The van der Waals surface area contributed by atoms with Gasteiger partial charge in [-0.25, -0.2) is 13.1 Å². The summed E-state index contributed by atoms with van der Waals surface area (Å²) in [6.45, 7) is 4.84. The normalized spacial score (nSPS) is 14.2. The summed E-state index contributed by atoms with van der Waals surface area (Å²) < 4.78 is 66.6. The van der Waals surface area contributed by atoms with Crippen LogP contribution in [0.3, 0.4) is 0 Å². The minimum Gasteiger partial charge on any atom is -0.493 e. The topological polar surface area (TPSA) is 124 Å². The van der Waals surface area contributed by atoms with Gasteiger partial charge in [0.25, 0.3) is 21.5 Å². The Bertz CT molecular complexity index is 2150. The zero-order valence-electron chi connectivity index (χ0n) is 26.0. The van der Waals surface area contributed by atoms with Crippen molar-refractivity contribution in [2.75, 3.05) is 44.4 Å². The molecule has 2 aromatic carbocycles. The third kappa shape index (κ3) is 7.23. The lowest BCUT2D eigenvalue weighted by molar-refractivity contribution is -0.773. The summed E-state index contributed by atoms with van der Waals surface area (Å²) in [7, 11) is -3.13. The van der Waals surface area contributed by atoms with E-state index in [0.29, 0.717) is 54.0 Å². The van der Waals surface area contributed by atoms with Gasteiger partial charge in [0, 0.05) is 60.4 Å². The maximum absolute atomic E-state index is 15.4. The van der Waals surface area contributed by atoms with Gasteiger partial charge < -0.3 is 14.8 Å². The molecule has 2 N–H and O–H groups in total. The molecule has 0 aliphatic carbocycles. The van der Waals surface area contributed by atoms with Crippen molar-refractivity contribution < 1.29 is 35.8 Å². The van der Waals surface area contributed by atoms with Crippen LogP contribution in [0.1, 0.15) is 22.2 Å². The summed E-state index contributed by atoms with van der Waals surface area (Å²) in [6.07, 6.45) is 4.25. The van der Waals surface area contributed by atoms with E-state index in [4.69, 9.17) is 9.47 Å². The highest BCUT2D eigenvalue weighted by Gasteiger charge is 2.27. The van der Waals surface area contributed by atoms with Crippen LogP contribution >= 0.6 is 11.3 Å². The van der Waals surface area contributed by atoms with E-state index in [1.807, 2.05) is 6.07 Å². The summed E-state index contributed by atoms with van der Waals surface area (Å²) in [6, 6.07) is 14.2. The lowest BCUT2D eigenvalue weighted by Gasteiger charge is -2.30. The van der Waals surface area contributed by atoms with Crippen LogP contribution in [0.5, 0.6) is 17.2 Å². The average molecular weight is 697 g/mol. The largest absolute Gasteiger partial charge is 0.493 e. The van der Waals surface area contributed by atoms with Gasteiger partial charge in [-0.15, -0.1) is 11.3 Å². The maximum atomic E-state index is 15.4. The second-order valence-corrected chi connectivity index (χ2v) is 14.4. The summed E-state index contributed by atoms with van der Waals surface area (Å²) in [5, 5.41) is 2.56. The maximum Gasteiger partial charge on any atom is 0.292 e. The van der Waals surface area contributed by atoms with E-state index in [0.717, 1.165) is 15.6 Å². The fourth-order valence-electron chi connectivity index (χ4n) is 5.46. The molecule has 1 fully saturated rings. The summed E-state index contributed by atoms with van der Waals surface area (Å²) in [4.78, 5) is 34.4. The molecule has 0 radical (unpaired) electrons. The zero-order chi connectivity index (χ0) is 34.0. The number of carbonyl (C=O) groups is 1. The molecule has 0 bridgehead atoms. The van der Waals surface area contributed by atoms with Crippen molar-refractivity contribution in [1.82, 2.24) is 14.5 Å². The number of benzene rings is 2. The van der Waals surface area contributed by atoms with E-state index in [1.165, 1.54) is 70.8 Å². The van der Waals surface area contributed by atoms with Crippen LogP contribution in [0.25, 0.3) is 15.9 Å². The Hall–Kier alpha value is -4.70. The van der Waals surface area contributed by atoms with Crippen molar-refractivity contribution >= 4 is 43.2 Å². The molecular weight excluding hydrogens is 665 g/mol. The first kappa shape index (κ1) is 33.2. The van der Waals surface area contributed by atoms with Crippen LogP contribution < -0.4 is 24.7 Å². The molecule has 3 aromatic heterocycles. The van der Waals surface area contributed by atoms with Crippen molar-refractivity contribution in [2.24, 2.45) is 0 Å². The zero-order valence-corrected chi connectivity index (χ0v) is 27.7. The molecule has 1 amide bonds. The number of carbonyl (C=O) groups excluding carboxylic acids is 1. The number of rotatable bonds is 10. The second kappa shape index (κ2) is 13.8. The Morgan fingerprint density at radius 2 is 1.77 bits per heavy atom. The molecule has 11 nitrogen and oxygen atoms in total. The van der Waals surface area contributed by atoms with Crippen LogP contribution in [0, 0.1) is 11.6 Å². The Balaban J connectivity index is 1.18. The van der Waals surface area contributed by atoms with Gasteiger partial charge in [-0.3, -0.25) is 24.0 Å². The number of hydrogen-bond acceptors (Lipinski definition) is 9. The Morgan fingerprint density at radius 1 is 1.02 bits per heavy atom. The van der Waals surface area contributed by atoms with Crippen LogP contribution in [0.4, 0.5) is 14.5 Å². The minimum absolute atomic E-state index is 0.0492. The van der Waals surface area contributed by atoms with E-state index in [-0.39, 0.29) is 29.4 Å². The van der Waals surface area contributed by atoms with E-state index in [2.05, 4.69) is 15.2 Å². The van der Waals surface area contributed by atoms with Gasteiger partial charge in [0.1, 0.15) is 36.0 Å². The molecule has 48 heavy (non-hydrogen) atoms. The third-order valence-electron chi connectivity index (χ3n) is 7.84. The first-order valence-electron chi connectivity index (χ1n) is 15.1. The third-order valence-corrected chi connectivity index (χ3v) is 10.4. The van der Waals surface area contributed by atoms with Gasteiger partial charge >= 0.3 is 0 Å². The predicted molar refractivity (Wildman–Crippen MR) is 178 cm³/mol. The molecule has 4 heterocycles. The van der Waals surface area contributed by atoms with E-state index < -0.39 is 33.1 Å². The quantitative estimate of drug-likeness (QED) is 0.226. The number of anilines is 1. The Kier molecular flexibility index (Phi) is 9.55. The highest BCUT2D eigenvalue weighted by atomic mass is 32.2. The molecule has 6 rings (SSSR count). The van der Waals surface area contributed by atoms with Crippen molar-refractivity contribution in [2.45, 2.75) is 13.5 Å². The Morgan fingerprint density at radius 3 is 2.46 bits per heavy atom. The summed E-state index contributed by atoms with van der Waals surface area (Å²) in [5.74, 6) is -1.66. The Labute approximate surface area is 279 Å². The lowest BCUT2D eigenvalue weighted by Crippen LogP contribution is -3.16. The highest BCUT2D eigenvalue weighted by Crippen LogP contribution is 2.36. The van der Waals surface area contributed by atoms with E-state index >= 15 is 4.39 Å². The number of thiophene rings is 1. The number of ether oxygens (including phenoxy) is 2. The van der Waals surface area contributed by atoms with Crippen LogP contribution in [-0.4, -0.2) is 67.8 Å². The van der Waals surface area contributed by atoms with E-state index in [1.54, 1.807) is 19.2 Å². The van der Waals surface area contributed by atoms with Crippen LogP contribution in [0.15, 0.2) is 77.9 Å².